The predicted molar refractivity (Wildman–Crippen MR) is 83.8 cm³/mol. The number of para-hydroxylation sites is 1. The van der Waals surface area contributed by atoms with Gasteiger partial charge in [0.05, 0.1) is 12.3 Å². The van der Waals surface area contributed by atoms with Gasteiger partial charge in [-0.25, -0.2) is 0 Å². The van der Waals surface area contributed by atoms with Crippen molar-refractivity contribution in [2.75, 3.05) is 11.1 Å². The molecule has 106 valence electrons. The molecule has 1 aromatic heterocycles. The van der Waals surface area contributed by atoms with E-state index in [9.17, 15) is 4.79 Å². The Bertz CT molecular complexity index is 580. The zero-order valence-electron chi connectivity index (χ0n) is 11.5. The monoisotopic (exact) mass is 289 g/mol. The Hall–Kier alpha value is -1.88. The molecule has 2 rings (SSSR count). The summed E-state index contributed by atoms with van der Waals surface area (Å²) in [6.07, 6.45) is 2.07. The van der Waals surface area contributed by atoms with Gasteiger partial charge in [0.2, 0.25) is 5.91 Å². The summed E-state index contributed by atoms with van der Waals surface area (Å²) in [7, 11) is 0. The first-order valence-corrected chi connectivity index (χ1v) is 7.57. The predicted octanol–water partition coefficient (Wildman–Crippen LogP) is 2.70. The number of amides is 1. The second-order valence-electron chi connectivity index (χ2n) is 4.39. The van der Waals surface area contributed by atoms with Crippen molar-refractivity contribution in [1.29, 1.82) is 0 Å². The van der Waals surface area contributed by atoms with E-state index in [2.05, 4.69) is 29.1 Å². The number of nitrogens with one attached hydrogen (secondary N) is 1. The topological polar surface area (TPSA) is 60.1 Å². The zero-order valence-corrected chi connectivity index (χ0v) is 12.3. The lowest BCUT2D eigenvalue weighted by Gasteiger charge is -2.12. The van der Waals surface area contributed by atoms with Gasteiger partial charge in [-0.05, 0) is 31.2 Å². The number of hydrogen-bond acceptors (Lipinski definition) is 3. The third kappa shape index (κ3) is 3.81. The summed E-state index contributed by atoms with van der Waals surface area (Å²) in [5.41, 5.74) is 7.46. The van der Waals surface area contributed by atoms with E-state index < -0.39 is 0 Å². The number of benzene rings is 1. The fourth-order valence-electron chi connectivity index (χ4n) is 1.99. The quantitative estimate of drug-likeness (QED) is 0.770. The van der Waals surface area contributed by atoms with Crippen LogP contribution >= 0.6 is 11.8 Å². The Kier molecular flexibility index (Phi) is 5.12. The Labute approximate surface area is 123 Å². The van der Waals surface area contributed by atoms with Crippen molar-refractivity contribution in [3.05, 3.63) is 48.3 Å². The van der Waals surface area contributed by atoms with Gasteiger partial charge in [-0.15, -0.1) is 11.8 Å². The van der Waals surface area contributed by atoms with E-state index in [-0.39, 0.29) is 5.91 Å². The van der Waals surface area contributed by atoms with Crippen LogP contribution in [-0.4, -0.2) is 16.2 Å². The molecule has 0 fully saturated rings. The average Bonchev–Trinajstić information content (AvgIpc) is 2.91. The molecule has 0 saturated heterocycles. The Morgan fingerprint density at radius 2 is 2.10 bits per heavy atom. The van der Waals surface area contributed by atoms with Gasteiger partial charge in [0, 0.05) is 29.0 Å². The fraction of sp³-hybridized carbons (Fsp3) is 0.267. The lowest BCUT2D eigenvalue weighted by atomic mass is 10.3. The standard InChI is InChI=1S/C15H19N3OS/c1-2-18-9-5-6-12(18)10-17-13-7-3-4-8-14(13)20-11-15(16)19/h3-9,17H,2,10-11H2,1H3,(H2,16,19). The lowest BCUT2D eigenvalue weighted by Crippen LogP contribution is -2.13. The molecule has 3 N–H and O–H groups in total. The molecular weight excluding hydrogens is 270 g/mol. The van der Waals surface area contributed by atoms with E-state index in [1.807, 2.05) is 30.3 Å². The van der Waals surface area contributed by atoms with Gasteiger partial charge >= 0.3 is 0 Å². The second-order valence-corrected chi connectivity index (χ2v) is 5.41. The van der Waals surface area contributed by atoms with Gasteiger partial charge in [-0.1, -0.05) is 12.1 Å². The Morgan fingerprint density at radius 1 is 1.30 bits per heavy atom. The summed E-state index contributed by atoms with van der Waals surface area (Å²) in [5, 5.41) is 3.42. The molecule has 1 aromatic carbocycles. The molecule has 0 aliphatic rings. The number of carbonyl (C=O) groups is 1. The van der Waals surface area contributed by atoms with Gasteiger partial charge in [0.15, 0.2) is 0 Å². The van der Waals surface area contributed by atoms with Crippen LogP contribution in [0, 0.1) is 0 Å². The summed E-state index contributed by atoms with van der Waals surface area (Å²) >= 11 is 1.46. The smallest absolute Gasteiger partial charge is 0.227 e. The number of anilines is 1. The van der Waals surface area contributed by atoms with Crippen molar-refractivity contribution < 1.29 is 4.79 Å². The largest absolute Gasteiger partial charge is 0.379 e. The number of nitrogens with zero attached hydrogens (tertiary/aromatic N) is 1. The molecule has 0 atom stereocenters. The van der Waals surface area contributed by atoms with Crippen molar-refractivity contribution in [1.82, 2.24) is 4.57 Å². The lowest BCUT2D eigenvalue weighted by molar-refractivity contribution is -0.115. The molecule has 0 spiro atoms. The molecule has 0 saturated carbocycles. The van der Waals surface area contributed by atoms with Crippen LogP contribution in [0.5, 0.6) is 0 Å². The number of nitrogens with two attached hydrogens (primary N) is 1. The number of carbonyl (C=O) groups excluding carboxylic acids is 1. The van der Waals surface area contributed by atoms with Crippen LogP contribution in [0.4, 0.5) is 5.69 Å². The van der Waals surface area contributed by atoms with Crippen LogP contribution in [0.2, 0.25) is 0 Å². The van der Waals surface area contributed by atoms with Gasteiger partial charge in [-0.3, -0.25) is 4.79 Å². The molecule has 5 heteroatoms. The van der Waals surface area contributed by atoms with E-state index in [0.29, 0.717) is 5.75 Å². The number of primary amides is 1. The van der Waals surface area contributed by atoms with Crippen molar-refractivity contribution >= 4 is 23.4 Å². The normalized spacial score (nSPS) is 10.4. The van der Waals surface area contributed by atoms with Gasteiger partial charge in [0.25, 0.3) is 0 Å². The second kappa shape index (κ2) is 7.05. The first-order chi connectivity index (χ1) is 9.70. The number of thioether (sulfide) groups is 1. The van der Waals surface area contributed by atoms with E-state index in [1.54, 1.807) is 0 Å². The van der Waals surface area contributed by atoms with E-state index in [4.69, 9.17) is 5.73 Å². The number of hydrogen-bond donors (Lipinski definition) is 2. The number of aromatic nitrogens is 1. The molecule has 0 aliphatic carbocycles. The summed E-state index contributed by atoms with van der Waals surface area (Å²) in [6, 6.07) is 12.1. The van der Waals surface area contributed by atoms with E-state index in [1.165, 1.54) is 17.5 Å². The first-order valence-electron chi connectivity index (χ1n) is 6.58. The van der Waals surface area contributed by atoms with Crippen molar-refractivity contribution in [3.8, 4) is 0 Å². The highest BCUT2D eigenvalue weighted by Crippen LogP contribution is 2.27. The van der Waals surface area contributed by atoms with Gasteiger partial charge in [-0.2, -0.15) is 0 Å². The highest BCUT2D eigenvalue weighted by atomic mass is 32.2. The molecule has 20 heavy (non-hydrogen) atoms. The van der Waals surface area contributed by atoms with Crippen molar-refractivity contribution in [2.24, 2.45) is 5.73 Å². The summed E-state index contributed by atoms with van der Waals surface area (Å²) in [6.45, 7) is 3.84. The molecular formula is C15H19N3OS. The van der Waals surface area contributed by atoms with Crippen LogP contribution in [0.15, 0.2) is 47.5 Å². The maximum Gasteiger partial charge on any atom is 0.227 e. The zero-order chi connectivity index (χ0) is 14.4. The molecule has 0 aliphatic heterocycles. The van der Waals surface area contributed by atoms with Crippen LogP contribution in [0.1, 0.15) is 12.6 Å². The highest BCUT2D eigenvalue weighted by molar-refractivity contribution is 8.00. The van der Waals surface area contributed by atoms with E-state index in [0.717, 1.165) is 23.7 Å². The highest BCUT2D eigenvalue weighted by Gasteiger charge is 2.05. The van der Waals surface area contributed by atoms with Gasteiger partial charge < -0.3 is 15.6 Å². The average molecular weight is 289 g/mol. The molecule has 2 aromatic rings. The molecule has 1 amide bonds. The number of rotatable bonds is 7. The summed E-state index contributed by atoms with van der Waals surface area (Å²) in [4.78, 5) is 11.9. The van der Waals surface area contributed by atoms with Crippen LogP contribution in [-0.2, 0) is 17.9 Å². The minimum atomic E-state index is -0.301. The van der Waals surface area contributed by atoms with Crippen LogP contribution in [0.3, 0.4) is 0 Å². The minimum absolute atomic E-state index is 0.296. The molecule has 0 unspecified atom stereocenters. The van der Waals surface area contributed by atoms with E-state index >= 15 is 0 Å². The first kappa shape index (κ1) is 14.5. The van der Waals surface area contributed by atoms with Crippen LogP contribution < -0.4 is 11.1 Å². The molecule has 1 heterocycles. The summed E-state index contributed by atoms with van der Waals surface area (Å²) in [5.74, 6) is -0.00557. The molecule has 4 nitrogen and oxygen atoms in total. The Morgan fingerprint density at radius 3 is 2.85 bits per heavy atom. The Balaban J connectivity index is 2.03. The third-order valence-electron chi connectivity index (χ3n) is 2.98. The maximum absolute atomic E-state index is 10.9. The number of aryl methyl sites for hydroxylation is 1. The fourth-order valence-corrected chi connectivity index (χ4v) is 2.76. The van der Waals surface area contributed by atoms with Crippen molar-refractivity contribution in [3.63, 3.8) is 0 Å². The summed E-state index contributed by atoms with van der Waals surface area (Å²) < 4.78 is 2.20. The van der Waals surface area contributed by atoms with Gasteiger partial charge in [0.1, 0.15) is 0 Å². The van der Waals surface area contributed by atoms with Crippen LogP contribution in [0.25, 0.3) is 0 Å². The molecule has 0 bridgehead atoms. The van der Waals surface area contributed by atoms with Crippen molar-refractivity contribution in [2.45, 2.75) is 24.9 Å². The minimum Gasteiger partial charge on any atom is -0.379 e. The SMILES string of the molecule is CCn1cccc1CNc1ccccc1SCC(N)=O. The third-order valence-corrected chi connectivity index (χ3v) is 4.08. The maximum atomic E-state index is 10.9. The molecule has 0 radical (unpaired) electrons.